The van der Waals surface area contributed by atoms with Crippen LogP contribution in [0.3, 0.4) is 0 Å². The molecule has 0 spiro atoms. The van der Waals surface area contributed by atoms with Gasteiger partial charge in [-0.25, -0.2) is 19.7 Å². The van der Waals surface area contributed by atoms with Gasteiger partial charge in [-0.2, -0.15) is 5.26 Å². The summed E-state index contributed by atoms with van der Waals surface area (Å²) in [5.41, 5.74) is 2.39. The highest BCUT2D eigenvalue weighted by molar-refractivity contribution is 5.89. The zero-order chi connectivity index (χ0) is 24.5. The summed E-state index contributed by atoms with van der Waals surface area (Å²) in [4.78, 5) is 26.3. The van der Waals surface area contributed by atoms with Gasteiger partial charge >= 0.3 is 6.09 Å². The van der Waals surface area contributed by atoms with Gasteiger partial charge in [0.15, 0.2) is 17.2 Å². The molecule has 2 aromatic heterocycles. The molecule has 4 aromatic rings. The van der Waals surface area contributed by atoms with E-state index in [0.29, 0.717) is 22.9 Å². The van der Waals surface area contributed by atoms with Crippen molar-refractivity contribution in [2.45, 2.75) is 33.3 Å². The van der Waals surface area contributed by atoms with Gasteiger partial charge < -0.3 is 9.47 Å². The number of aryl methyl sites for hydroxylation is 1. The molecule has 0 atom stereocenters. The third-order valence-corrected chi connectivity index (χ3v) is 4.86. The molecule has 0 aliphatic rings. The van der Waals surface area contributed by atoms with Crippen LogP contribution in [0.4, 0.5) is 10.7 Å². The molecule has 172 valence electrons. The van der Waals surface area contributed by atoms with Crippen molar-refractivity contribution in [2.75, 3.05) is 12.4 Å². The minimum absolute atomic E-state index is 0.0847. The van der Waals surface area contributed by atoms with Crippen molar-refractivity contribution in [1.82, 2.24) is 19.5 Å². The number of hydrogen-bond donors (Lipinski definition) is 1. The first-order chi connectivity index (χ1) is 16.2. The number of nitrogens with zero attached hydrogens (tertiary/aromatic N) is 5. The summed E-state index contributed by atoms with van der Waals surface area (Å²) < 4.78 is 12.6. The van der Waals surface area contributed by atoms with E-state index >= 15 is 0 Å². The maximum absolute atomic E-state index is 12.6. The highest BCUT2D eigenvalue weighted by Gasteiger charge is 2.24. The van der Waals surface area contributed by atoms with E-state index in [0.717, 1.165) is 11.1 Å². The molecule has 0 unspecified atom stereocenters. The summed E-state index contributed by atoms with van der Waals surface area (Å²) in [5.74, 6) is 1.02. The van der Waals surface area contributed by atoms with Crippen LogP contribution in [0, 0.1) is 18.3 Å². The first-order valence-electron chi connectivity index (χ1n) is 10.6. The summed E-state index contributed by atoms with van der Waals surface area (Å²) in [5, 5.41) is 12.5. The number of nitrogens with one attached hydrogen (secondary N) is 1. The molecule has 9 heteroatoms. The number of ether oxygens (including phenoxy) is 2. The molecule has 4 rings (SSSR count). The Morgan fingerprint density at radius 2 is 1.76 bits per heavy atom. The number of rotatable bonds is 4. The van der Waals surface area contributed by atoms with Crippen LogP contribution in [-0.4, -0.2) is 38.3 Å². The number of imidazole rings is 1. The van der Waals surface area contributed by atoms with E-state index in [4.69, 9.17) is 14.5 Å². The quantitative estimate of drug-likeness (QED) is 0.458. The van der Waals surface area contributed by atoms with Crippen molar-refractivity contribution >= 4 is 23.2 Å². The zero-order valence-electron chi connectivity index (χ0n) is 19.6. The Morgan fingerprint density at radius 1 is 1.06 bits per heavy atom. The molecule has 34 heavy (non-hydrogen) atoms. The number of methoxy groups -OCH3 is 1. The van der Waals surface area contributed by atoms with Gasteiger partial charge in [0.1, 0.15) is 22.9 Å². The number of anilines is 1. The molecule has 1 N–H and O–H groups in total. The van der Waals surface area contributed by atoms with E-state index in [1.54, 1.807) is 44.6 Å². The summed E-state index contributed by atoms with van der Waals surface area (Å²) in [6, 6.07) is 17.0. The fourth-order valence-corrected chi connectivity index (χ4v) is 3.39. The van der Waals surface area contributed by atoms with Crippen molar-refractivity contribution in [1.29, 1.82) is 5.26 Å². The predicted molar refractivity (Wildman–Crippen MR) is 128 cm³/mol. The molecule has 0 saturated carbocycles. The van der Waals surface area contributed by atoms with E-state index in [-0.39, 0.29) is 17.2 Å². The Hall–Kier alpha value is -4.45. The number of carbonyl (C=O) groups excluding carboxylic acids is 1. The number of hydrogen-bond acceptors (Lipinski definition) is 7. The second-order valence-corrected chi connectivity index (χ2v) is 8.62. The molecule has 0 radical (unpaired) electrons. The van der Waals surface area contributed by atoms with Crippen molar-refractivity contribution in [3.8, 4) is 28.9 Å². The predicted octanol–water partition coefficient (Wildman–Crippen LogP) is 5.02. The lowest BCUT2D eigenvalue weighted by atomic mass is 10.1. The lowest BCUT2D eigenvalue weighted by Crippen LogP contribution is -2.28. The smallest absolute Gasteiger partial charge is 0.414 e. The molecule has 0 saturated heterocycles. The molecular formula is C25H24N6O3. The van der Waals surface area contributed by atoms with Gasteiger partial charge in [0, 0.05) is 5.56 Å². The number of benzene rings is 2. The molecule has 9 nitrogen and oxygen atoms in total. The zero-order valence-corrected chi connectivity index (χ0v) is 19.6. The van der Waals surface area contributed by atoms with Crippen LogP contribution in [0.5, 0.6) is 5.75 Å². The van der Waals surface area contributed by atoms with E-state index in [2.05, 4.69) is 21.4 Å². The Balaban J connectivity index is 1.98. The Labute approximate surface area is 197 Å². The van der Waals surface area contributed by atoms with Crippen molar-refractivity contribution in [3.05, 3.63) is 59.8 Å². The molecule has 2 heterocycles. The third-order valence-electron chi connectivity index (χ3n) is 4.86. The van der Waals surface area contributed by atoms with Crippen LogP contribution >= 0.6 is 0 Å². The van der Waals surface area contributed by atoms with Crippen LogP contribution in [0.25, 0.3) is 28.2 Å². The van der Waals surface area contributed by atoms with Crippen LogP contribution in [0.1, 0.15) is 32.0 Å². The van der Waals surface area contributed by atoms with Crippen LogP contribution in [-0.2, 0) is 4.74 Å². The Bertz CT molecular complexity index is 1410. The standard InChI is InChI=1S/C25H24N6O3/c1-15-10-12-16(13-11-15)21-27-17(14-26)20-22(29-21)31(18-8-6-7-9-19(18)33-5)23(28-20)30-24(32)34-25(2,3)4/h6-13H,1-5H3,(H,28,30,32). The largest absolute Gasteiger partial charge is 0.495 e. The molecule has 0 fully saturated rings. The second-order valence-electron chi connectivity index (χ2n) is 8.62. The fourth-order valence-electron chi connectivity index (χ4n) is 3.39. The Kier molecular flexibility index (Phi) is 5.90. The minimum atomic E-state index is -0.707. The SMILES string of the molecule is COc1ccccc1-n1c(NC(=O)OC(C)(C)C)nc2c(C#N)nc(-c3ccc(C)cc3)nc21. The van der Waals surface area contributed by atoms with E-state index < -0.39 is 11.7 Å². The van der Waals surface area contributed by atoms with E-state index in [1.165, 1.54) is 0 Å². The molecule has 0 aliphatic heterocycles. The summed E-state index contributed by atoms with van der Waals surface area (Å²) in [7, 11) is 1.55. The summed E-state index contributed by atoms with van der Waals surface area (Å²) >= 11 is 0. The number of carbonyl (C=O) groups is 1. The lowest BCUT2D eigenvalue weighted by molar-refractivity contribution is 0.0634. The highest BCUT2D eigenvalue weighted by Crippen LogP contribution is 2.32. The van der Waals surface area contributed by atoms with Gasteiger partial charge in [-0.3, -0.25) is 9.88 Å². The van der Waals surface area contributed by atoms with Gasteiger partial charge in [-0.1, -0.05) is 42.0 Å². The van der Waals surface area contributed by atoms with Crippen molar-refractivity contribution in [2.24, 2.45) is 0 Å². The average Bonchev–Trinajstić information content (AvgIpc) is 3.14. The summed E-state index contributed by atoms with van der Waals surface area (Å²) in [6.07, 6.45) is -0.691. The number of amides is 1. The van der Waals surface area contributed by atoms with Crippen LogP contribution < -0.4 is 10.1 Å². The van der Waals surface area contributed by atoms with Gasteiger partial charge in [0.2, 0.25) is 5.95 Å². The fraction of sp³-hybridized carbons (Fsp3) is 0.240. The van der Waals surface area contributed by atoms with Gasteiger partial charge in [-0.15, -0.1) is 0 Å². The summed E-state index contributed by atoms with van der Waals surface area (Å²) in [6.45, 7) is 7.29. The molecule has 1 amide bonds. The Morgan fingerprint density at radius 3 is 2.41 bits per heavy atom. The third kappa shape index (κ3) is 4.52. The van der Waals surface area contributed by atoms with Gasteiger partial charge in [0.05, 0.1) is 12.8 Å². The normalized spacial score (nSPS) is 11.2. The van der Waals surface area contributed by atoms with Gasteiger partial charge in [-0.05, 0) is 39.8 Å². The second kappa shape index (κ2) is 8.83. The maximum Gasteiger partial charge on any atom is 0.414 e. The van der Waals surface area contributed by atoms with Crippen molar-refractivity contribution in [3.63, 3.8) is 0 Å². The lowest BCUT2D eigenvalue weighted by Gasteiger charge is -2.20. The molecule has 2 aromatic carbocycles. The first kappa shape index (κ1) is 22.7. The number of fused-ring (bicyclic) bond motifs is 1. The number of para-hydroxylation sites is 2. The highest BCUT2D eigenvalue weighted by atomic mass is 16.6. The molecule has 0 aliphatic carbocycles. The monoisotopic (exact) mass is 456 g/mol. The van der Waals surface area contributed by atoms with Crippen molar-refractivity contribution < 1.29 is 14.3 Å². The van der Waals surface area contributed by atoms with Crippen LogP contribution in [0.15, 0.2) is 48.5 Å². The van der Waals surface area contributed by atoms with Gasteiger partial charge in [0.25, 0.3) is 0 Å². The van der Waals surface area contributed by atoms with E-state index in [9.17, 15) is 10.1 Å². The average molecular weight is 457 g/mol. The van der Waals surface area contributed by atoms with E-state index in [1.807, 2.05) is 43.3 Å². The molecule has 0 bridgehead atoms. The maximum atomic E-state index is 12.6. The minimum Gasteiger partial charge on any atom is -0.495 e. The first-order valence-corrected chi connectivity index (χ1v) is 10.6. The van der Waals surface area contributed by atoms with Crippen LogP contribution in [0.2, 0.25) is 0 Å². The topological polar surface area (TPSA) is 115 Å². The molecular weight excluding hydrogens is 432 g/mol. The number of nitriles is 1. The number of aromatic nitrogens is 4.